The first kappa shape index (κ1) is 19.9. The maximum atomic E-state index is 13.1. The number of likely N-dealkylation sites (tertiary alicyclic amines) is 1. The number of anilines is 1. The topological polar surface area (TPSA) is 60.9 Å². The molecule has 2 fully saturated rings. The van der Waals surface area contributed by atoms with Crippen LogP contribution in [-0.4, -0.2) is 41.5 Å². The van der Waals surface area contributed by atoms with E-state index in [1.165, 1.54) is 17.0 Å². The Hall–Kier alpha value is -2.44. The summed E-state index contributed by atoms with van der Waals surface area (Å²) in [5.74, 6) is -0.991. The first-order chi connectivity index (χ1) is 13.9. The Bertz CT molecular complexity index is 909. The van der Waals surface area contributed by atoms with Gasteiger partial charge in [-0.1, -0.05) is 23.7 Å². The second-order valence-corrected chi connectivity index (χ2v) is 8.18. The largest absolute Gasteiger partial charge is 0.385 e. The average molecular weight is 417 g/mol. The van der Waals surface area contributed by atoms with Crippen molar-refractivity contribution in [3.63, 3.8) is 0 Å². The molecule has 4 rings (SSSR count). The highest BCUT2D eigenvalue weighted by Gasteiger charge is 2.41. The van der Waals surface area contributed by atoms with Crippen molar-refractivity contribution in [2.75, 3.05) is 24.5 Å². The molecular weight excluding hydrogens is 395 g/mol. The fourth-order valence-electron chi connectivity index (χ4n) is 4.15. The Morgan fingerprint density at radius 1 is 1.07 bits per heavy atom. The minimum atomic E-state index is -0.979. The van der Waals surface area contributed by atoms with Gasteiger partial charge in [0.25, 0.3) is 0 Å². The molecule has 2 aromatic rings. The van der Waals surface area contributed by atoms with Crippen molar-refractivity contribution >= 4 is 29.1 Å². The number of rotatable bonds is 3. The summed E-state index contributed by atoms with van der Waals surface area (Å²) < 4.78 is 13.1. The van der Waals surface area contributed by atoms with Crippen LogP contribution in [0.15, 0.2) is 48.5 Å². The number of halogens is 2. The molecule has 2 aromatic carbocycles. The minimum Gasteiger partial charge on any atom is -0.385 e. The summed E-state index contributed by atoms with van der Waals surface area (Å²) in [6.45, 7) is 1.15. The molecule has 2 aliphatic rings. The molecule has 152 valence electrons. The number of piperidine rings is 1. The van der Waals surface area contributed by atoms with Crippen LogP contribution in [0.4, 0.5) is 10.1 Å². The summed E-state index contributed by atoms with van der Waals surface area (Å²) in [6.07, 6.45) is 1.01. The summed E-state index contributed by atoms with van der Waals surface area (Å²) >= 11 is 5.92. The van der Waals surface area contributed by atoms with Gasteiger partial charge in [0.2, 0.25) is 11.8 Å². The summed E-state index contributed by atoms with van der Waals surface area (Å²) in [6, 6.07) is 12.8. The molecule has 2 aliphatic heterocycles. The first-order valence-electron chi connectivity index (χ1n) is 9.69. The molecule has 29 heavy (non-hydrogen) atoms. The van der Waals surface area contributed by atoms with Crippen LogP contribution in [-0.2, 0) is 15.2 Å². The minimum absolute atomic E-state index is 0.0684. The molecule has 0 unspecified atom stereocenters. The lowest BCUT2D eigenvalue weighted by molar-refractivity contribution is -0.140. The van der Waals surface area contributed by atoms with Gasteiger partial charge in [-0.05, 0) is 54.8 Å². The van der Waals surface area contributed by atoms with Gasteiger partial charge in [-0.15, -0.1) is 0 Å². The Morgan fingerprint density at radius 3 is 2.31 bits per heavy atom. The summed E-state index contributed by atoms with van der Waals surface area (Å²) in [5, 5.41) is 11.6. The molecule has 2 amide bonds. The van der Waals surface area contributed by atoms with Crippen molar-refractivity contribution in [2.45, 2.75) is 24.9 Å². The van der Waals surface area contributed by atoms with Gasteiger partial charge in [-0.25, -0.2) is 4.39 Å². The van der Waals surface area contributed by atoms with E-state index in [4.69, 9.17) is 11.6 Å². The van der Waals surface area contributed by atoms with Gasteiger partial charge in [0, 0.05) is 36.8 Å². The zero-order valence-corrected chi connectivity index (χ0v) is 16.6. The highest BCUT2D eigenvalue weighted by Crippen LogP contribution is 2.35. The maximum Gasteiger partial charge on any atom is 0.228 e. The zero-order chi connectivity index (χ0) is 20.6. The molecule has 1 N–H and O–H groups in total. The van der Waals surface area contributed by atoms with E-state index in [0.29, 0.717) is 43.2 Å². The van der Waals surface area contributed by atoms with Gasteiger partial charge < -0.3 is 14.9 Å². The number of carbonyl (C=O) groups excluding carboxylic acids is 2. The molecule has 0 aromatic heterocycles. The summed E-state index contributed by atoms with van der Waals surface area (Å²) in [4.78, 5) is 28.6. The molecule has 0 spiro atoms. The number of nitrogens with zero attached hydrogens (tertiary/aromatic N) is 2. The maximum absolute atomic E-state index is 13.1. The highest BCUT2D eigenvalue weighted by molar-refractivity contribution is 6.30. The molecule has 0 aliphatic carbocycles. The quantitative estimate of drug-likeness (QED) is 0.834. The van der Waals surface area contributed by atoms with Crippen molar-refractivity contribution in [1.82, 2.24) is 4.90 Å². The van der Waals surface area contributed by atoms with E-state index < -0.39 is 11.5 Å². The molecule has 0 saturated carbocycles. The Labute approximate surface area is 173 Å². The smallest absolute Gasteiger partial charge is 0.228 e. The van der Waals surface area contributed by atoms with Crippen LogP contribution in [0.2, 0.25) is 5.02 Å². The molecule has 2 saturated heterocycles. The molecular formula is C22H22ClFN2O3. The van der Waals surface area contributed by atoms with Crippen LogP contribution in [0.1, 0.15) is 24.8 Å². The van der Waals surface area contributed by atoms with Gasteiger partial charge >= 0.3 is 0 Å². The number of benzene rings is 2. The van der Waals surface area contributed by atoms with Crippen molar-refractivity contribution in [1.29, 1.82) is 0 Å². The van der Waals surface area contributed by atoms with Crippen LogP contribution >= 0.6 is 11.6 Å². The van der Waals surface area contributed by atoms with Gasteiger partial charge in [0.15, 0.2) is 0 Å². The molecule has 2 heterocycles. The van der Waals surface area contributed by atoms with Crippen molar-refractivity contribution < 1.29 is 19.1 Å². The lowest BCUT2D eigenvalue weighted by Crippen LogP contribution is -2.47. The van der Waals surface area contributed by atoms with Crippen LogP contribution in [0.5, 0.6) is 0 Å². The number of hydrogen-bond donors (Lipinski definition) is 1. The molecule has 0 radical (unpaired) electrons. The van der Waals surface area contributed by atoms with Crippen molar-refractivity contribution in [3.8, 4) is 0 Å². The molecule has 1 atom stereocenters. The van der Waals surface area contributed by atoms with Crippen LogP contribution < -0.4 is 4.90 Å². The second kappa shape index (κ2) is 7.76. The fraction of sp³-hybridized carbons (Fsp3) is 0.364. The third kappa shape index (κ3) is 4.00. The van der Waals surface area contributed by atoms with Gasteiger partial charge in [-0.2, -0.15) is 0 Å². The van der Waals surface area contributed by atoms with Crippen molar-refractivity contribution in [2.24, 2.45) is 5.92 Å². The Morgan fingerprint density at radius 2 is 1.69 bits per heavy atom. The SMILES string of the molecule is O=C([C@@H]1CC(=O)N(c2ccc(F)cc2)C1)N1CCC(O)(c2ccc(Cl)cc2)CC1. The van der Waals surface area contributed by atoms with E-state index in [-0.39, 0.29) is 24.1 Å². The van der Waals surface area contributed by atoms with E-state index in [1.807, 2.05) is 12.1 Å². The molecule has 0 bridgehead atoms. The van der Waals surface area contributed by atoms with Crippen molar-refractivity contribution in [3.05, 3.63) is 64.9 Å². The highest BCUT2D eigenvalue weighted by atomic mass is 35.5. The third-order valence-electron chi connectivity index (χ3n) is 5.90. The normalized spacial score (nSPS) is 21.5. The molecule has 7 heteroatoms. The Kier molecular flexibility index (Phi) is 5.32. The fourth-order valence-corrected chi connectivity index (χ4v) is 4.27. The summed E-state index contributed by atoms with van der Waals surface area (Å²) in [5.41, 5.74) is 0.419. The predicted molar refractivity (Wildman–Crippen MR) is 108 cm³/mol. The molecule has 5 nitrogen and oxygen atoms in total. The van der Waals surface area contributed by atoms with E-state index in [2.05, 4.69) is 0 Å². The number of carbonyl (C=O) groups is 2. The third-order valence-corrected chi connectivity index (χ3v) is 6.15. The standard InChI is InChI=1S/C22H22ClFN2O3/c23-17-3-1-16(2-4-17)22(29)9-11-25(12-10-22)21(28)15-13-20(27)26(14-15)19-7-5-18(24)6-8-19/h1-8,15,29H,9-14H2/t15-/m1/s1. The summed E-state index contributed by atoms with van der Waals surface area (Å²) in [7, 11) is 0. The number of hydrogen-bond acceptors (Lipinski definition) is 3. The van der Waals surface area contributed by atoms with E-state index in [9.17, 15) is 19.1 Å². The van der Waals surface area contributed by atoms with Gasteiger partial charge in [-0.3, -0.25) is 9.59 Å². The second-order valence-electron chi connectivity index (χ2n) is 7.75. The van der Waals surface area contributed by atoms with E-state index >= 15 is 0 Å². The number of aliphatic hydroxyl groups is 1. The average Bonchev–Trinajstić information content (AvgIpc) is 3.11. The van der Waals surface area contributed by atoms with Crippen LogP contribution in [0, 0.1) is 11.7 Å². The predicted octanol–water partition coefficient (Wildman–Crippen LogP) is 3.34. The van der Waals surface area contributed by atoms with Gasteiger partial charge in [0.1, 0.15) is 5.82 Å². The Balaban J connectivity index is 1.39. The van der Waals surface area contributed by atoms with Gasteiger partial charge in [0.05, 0.1) is 11.5 Å². The van der Waals surface area contributed by atoms with E-state index in [0.717, 1.165) is 5.56 Å². The lowest BCUT2D eigenvalue weighted by Gasteiger charge is -2.39. The zero-order valence-electron chi connectivity index (χ0n) is 15.9. The van der Waals surface area contributed by atoms with E-state index in [1.54, 1.807) is 29.2 Å². The van der Waals surface area contributed by atoms with Crippen LogP contribution in [0.25, 0.3) is 0 Å². The number of amides is 2. The first-order valence-corrected chi connectivity index (χ1v) is 10.1. The lowest BCUT2D eigenvalue weighted by atomic mass is 9.84. The monoisotopic (exact) mass is 416 g/mol. The van der Waals surface area contributed by atoms with Crippen LogP contribution in [0.3, 0.4) is 0 Å².